The topological polar surface area (TPSA) is 107 Å². The van der Waals surface area contributed by atoms with Gasteiger partial charge in [0.25, 0.3) is 11.2 Å². The monoisotopic (exact) mass is 490 g/mol. The van der Waals surface area contributed by atoms with Gasteiger partial charge in [0, 0.05) is 28.3 Å². The fourth-order valence-electron chi connectivity index (χ4n) is 2.91. The molecule has 1 aromatic heterocycles. The summed E-state index contributed by atoms with van der Waals surface area (Å²) in [6.45, 7) is 4.09. The minimum atomic E-state index is -0.486. The van der Waals surface area contributed by atoms with Crippen molar-refractivity contribution in [3.05, 3.63) is 66.9 Å². The molecule has 2 aromatic carbocycles. The first kappa shape index (κ1) is 22.0. The van der Waals surface area contributed by atoms with Gasteiger partial charge in [0.2, 0.25) is 5.91 Å². The van der Waals surface area contributed by atoms with E-state index in [9.17, 15) is 19.7 Å². The lowest BCUT2D eigenvalue weighted by molar-refractivity contribution is -0.385. The standard InChI is InChI=1S/C20H19BrN4O4S/c1-3-8-24-19(27)15-9-13(21)5-7-16(15)23-20(24)30-11-18(26)22-14-6-4-12(2)17(10-14)25(28)29/h4-7,9-10H,3,8,11H2,1-2H3,(H,22,26). The van der Waals surface area contributed by atoms with Crippen LogP contribution in [0.25, 0.3) is 10.9 Å². The Morgan fingerprint density at radius 1 is 1.30 bits per heavy atom. The minimum absolute atomic E-state index is 0.0138. The SMILES string of the molecule is CCCn1c(SCC(=O)Nc2ccc(C)c([N+](=O)[O-])c2)nc2ccc(Br)cc2c1=O. The smallest absolute Gasteiger partial charge is 0.274 e. The van der Waals surface area contributed by atoms with Gasteiger partial charge in [-0.15, -0.1) is 0 Å². The van der Waals surface area contributed by atoms with E-state index in [-0.39, 0.29) is 22.9 Å². The molecule has 30 heavy (non-hydrogen) atoms. The first-order chi connectivity index (χ1) is 14.3. The second kappa shape index (κ2) is 9.40. The van der Waals surface area contributed by atoms with Crippen LogP contribution in [-0.4, -0.2) is 26.1 Å². The van der Waals surface area contributed by atoms with Gasteiger partial charge in [0.05, 0.1) is 21.6 Å². The van der Waals surface area contributed by atoms with Crippen LogP contribution in [0.4, 0.5) is 11.4 Å². The van der Waals surface area contributed by atoms with Gasteiger partial charge in [0.15, 0.2) is 5.16 Å². The Labute approximate surface area is 185 Å². The van der Waals surface area contributed by atoms with Crippen LogP contribution in [0.1, 0.15) is 18.9 Å². The number of thioether (sulfide) groups is 1. The van der Waals surface area contributed by atoms with Crippen molar-refractivity contribution < 1.29 is 9.72 Å². The summed E-state index contributed by atoms with van der Waals surface area (Å²) in [4.78, 5) is 40.4. The number of halogens is 1. The highest BCUT2D eigenvalue weighted by molar-refractivity contribution is 9.10. The van der Waals surface area contributed by atoms with Crippen LogP contribution >= 0.6 is 27.7 Å². The van der Waals surface area contributed by atoms with E-state index in [4.69, 9.17) is 0 Å². The molecule has 0 bridgehead atoms. The maximum Gasteiger partial charge on any atom is 0.274 e. The molecule has 0 saturated heterocycles. The molecule has 0 aliphatic heterocycles. The Kier molecular flexibility index (Phi) is 6.88. The predicted molar refractivity (Wildman–Crippen MR) is 121 cm³/mol. The van der Waals surface area contributed by atoms with Crippen LogP contribution in [0.15, 0.2) is 50.8 Å². The van der Waals surface area contributed by atoms with Crippen LogP contribution in [-0.2, 0) is 11.3 Å². The fourth-order valence-corrected chi connectivity index (χ4v) is 4.10. The number of rotatable bonds is 7. The molecule has 156 valence electrons. The molecular weight excluding hydrogens is 472 g/mol. The van der Waals surface area contributed by atoms with E-state index in [2.05, 4.69) is 26.2 Å². The van der Waals surface area contributed by atoms with E-state index in [1.165, 1.54) is 6.07 Å². The second-order valence-electron chi connectivity index (χ2n) is 6.61. The summed E-state index contributed by atoms with van der Waals surface area (Å²) in [6, 6.07) is 9.84. The Bertz CT molecular complexity index is 1200. The molecule has 1 heterocycles. The van der Waals surface area contributed by atoms with Crippen LogP contribution in [0.3, 0.4) is 0 Å². The maximum atomic E-state index is 12.9. The summed E-state index contributed by atoms with van der Waals surface area (Å²) in [5.74, 6) is -0.328. The molecule has 10 heteroatoms. The molecule has 0 atom stereocenters. The molecule has 0 saturated carbocycles. The number of carbonyl (C=O) groups is 1. The normalized spacial score (nSPS) is 10.9. The summed E-state index contributed by atoms with van der Waals surface area (Å²) < 4.78 is 2.37. The molecule has 3 rings (SSSR count). The van der Waals surface area contributed by atoms with Gasteiger partial charge in [0.1, 0.15) is 0 Å². The Balaban J connectivity index is 1.81. The summed E-state index contributed by atoms with van der Waals surface area (Å²) in [6.07, 6.45) is 0.744. The second-order valence-corrected chi connectivity index (χ2v) is 8.47. The van der Waals surface area contributed by atoms with Crippen molar-refractivity contribution in [3.8, 4) is 0 Å². The number of aromatic nitrogens is 2. The van der Waals surface area contributed by atoms with Gasteiger partial charge >= 0.3 is 0 Å². The lowest BCUT2D eigenvalue weighted by Crippen LogP contribution is -2.24. The van der Waals surface area contributed by atoms with Crippen LogP contribution < -0.4 is 10.9 Å². The number of aryl methyl sites for hydroxylation is 1. The lowest BCUT2D eigenvalue weighted by atomic mass is 10.2. The number of nitro groups is 1. The number of nitrogens with zero attached hydrogens (tertiary/aromatic N) is 3. The third-order valence-corrected chi connectivity index (χ3v) is 5.82. The van der Waals surface area contributed by atoms with Crippen molar-refractivity contribution in [2.75, 3.05) is 11.1 Å². The van der Waals surface area contributed by atoms with Crippen molar-refractivity contribution in [2.24, 2.45) is 0 Å². The summed E-state index contributed by atoms with van der Waals surface area (Å²) in [5.41, 5.74) is 1.22. The minimum Gasteiger partial charge on any atom is -0.325 e. The van der Waals surface area contributed by atoms with Crippen molar-refractivity contribution >= 4 is 55.9 Å². The summed E-state index contributed by atoms with van der Waals surface area (Å²) >= 11 is 4.53. The quantitative estimate of drug-likeness (QED) is 0.226. The Morgan fingerprint density at radius 2 is 2.07 bits per heavy atom. The van der Waals surface area contributed by atoms with Crippen molar-refractivity contribution in [3.63, 3.8) is 0 Å². The number of anilines is 1. The number of hydrogen-bond donors (Lipinski definition) is 1. The summed E-state index contributed by atoms with van der Waals surface area (Å²) in [5, 5.41) is 14.7. The van der Waals surface area contributed by atoms with E-state index in [1.807, 2.05) is 13.0 Å². The van der Waals surface area contributed by atoms with E-state index in [0.29, 0.717) is 33.9 Å². The molecule has 8 nitrogen and oxygen atoms in total. The molecule has 0 fully saturated rings. The van der Waals surface area contributed by atoms with Gasteiger partial charge in [-0.1, -0.05) is 40.7 Å². The molecule has 0 aliphatic carbocycles. The largest absolute Gasteiger partial charge is 0.325 e. The average Bonchev–Trinajstić information content (AvgIpc) is 2.70. The number of carbonyl (C=O) groups excluding carboxylic acids is 1. The van der Waals surface area contributed by atoms with Crippen molar-refractivity contribution in [1.29, 1.82) is 0 Å². The van der Waals surface area contributed by atoms with Crippen LogP contribution in [0.5, 0.6) is 0 Å². The molecule has 0 spiro atoms. The molecular formula is C20H19BrN4O4S. The highest BCUT2D eigenvalue weighted by Gasteiger charge is 2.15. The maximum absolute atomic E-state index is 12.9. The number of amides is 1. The molecule has 0 radical (unpaired) electrons. The molecule has 0 aliphatic rings. The first-order valence-electron chi connectivity index (χ1n) is 9.18. The highest BCUT2D eigenvalue weighted by Crippen LogP contribution is 2.24. The van der Waals surface area contributed by atoms with E-state index in [1.54, 1.807) is 35.8 Å². The number of fused-ring (bicyclic) bond motifs is 1. The zero-order chi connectivity index (χ0) is 21.8. The van der Waals surface area contributed by atoms with Gasteiger partial charge in [-0.25, -0.2) is 4.98 Å². The van der Waals surface area contributed by atoms with E-state index >= 15 is 0 Å². The zero-order valence-corrected chi connectivity index (χ0v) is 18.7. The van der Waals surface area contributed by atoms with E-state index < -0.39 is 4.92 Å². The number of hydrogen-bond acceptors (Lipinski definition) is 6. The zero-order valence-electron chi connectivity index (χ0n) is 16.3. The molecule has 3 aromatic rings. The highest BCUT2D eigenvalue weighted by atomic mass is 79.9. The Hall–Kier alpha value is -2.72. The van der Waals surface area contributed by atoms with Gasteiger partial charge < -0.3 is 5.32 Å². The molecule has 1 amide bonds. The van der Waals surface area contributed by atoms with Gasteiger partial charge in [-0.2, -0.15) is 0 Å². The Morgan fingerprint density at radius 3 is 2.77 bits per heavy atom. The molecule has 1 N–H and O–H groups in total. The van der Waals surface area contributed by atoms with Crippen molar-refractivity contribution in [1.82, 2.24) is 9.55 Å². The predicted octanol–water partition coefficient (Wildman–Crippen LogP) is 4.52. The average molecular weight is 491 g/mol. The number of nitrogens with one attached hydrogen (secondary N) is 1. The van der Waals surface area contributed by atoms with Gasteiger partial charge in [-0.3, -0.25) is 24.3 Å². The lowest BCUT2D eigenvalue weighted by Gasteiger charge is -2.12. The van der Waals surface area contributed by atoms with Gasteiger partial charge in [-0.05, 0) is 37.6 Å². The van der Waals surface area contributed by atoms with Crippen LogP contribution in [0.2, 0.25) is 0 Å². The summed E-state index contributed by atoms with van der Waals surface area (Å²) in [7, 11) is 0. The number of benzene rings is 2. The first-order valence-corrected chi connectivity index (χ1v) is 11.0. The third-order valence-electron chi connectivity index (χ3n) is 4.35. The van der Waals surface area contributed by atoms with Crippen molar-refractivity contribution in [2.45, 2.75) is 32.0 Å². The third kappa shape index (κ3) is 4.88. The number of nitro benzene ring substituents is 1. The molecule has 0 unspecified atom stereocenters. The van der Waals surface area contributed by atoms with Crippen LogP contribution in [0, 0.1) is 17.0 Å². The fraction of sp³-hybridized carbons (Fsp3) is 0.250. The van der Waals surface area contributed by atoms with E-state index in [0.717, 1.165) is 22.7 Å².